The minimum atomic E-state index is -3.36. The number of nitrogens with zero attached hydrogens (tertiary/aromatic N) is 7. The van der Waals surface area contributed by atoms with Gasteiger partial charge in [-0.3, -0.25) is 4.79 Å². The van der Waals surface area contributed by atoms with E-state index in [9.17, 15) is 17.6 Å². The molecule has 4 rings (SSSR count). The van der Waals surface area contributed by atoms with Crippen molar-refractivity contribution in [3.8, 4) is 0 Å². The average molecular weight is 697 g/mol. The van der Waals surface area contributed by atoms with E-state index in [-0.39, 0.29) is 43.3 Å². The number of nitrogens with one attached hydrogen (secondary N) is 3. The highest BCUT2D eigenvalue weighted by Gasteiger charge is 2.11. The van der Waals surface area contributed by atoms with Crippen LogP contribution in [0.4, 0.5) is 50.4 Å². The number of hydrogen-bond donors (Lipinski definition) is 5. The lowest BCUT2D eigenvalue weighted by Crippen LogP contribution is -2.16. The predicted molar refractivity (Wildman–Crippen MR) is 183 cm³/mol. The molecule has 0 saturated heterocycles. The van der Waals surface area contributed by atoms with Gasteiger partial charge in [0.25, 0.3) is 0 Å². The number of ether oxygens (including phenoxy) is 1. The maximum absolute atomic E-state index is 14.1. The molecule has 3 aromatic carbocycles. The topological polar surface area (TPSA) is 185 Å². The Bertz CT molecular complexity index is 1910. The number of amides is 1. The van der Waals surface area contributed by atoms with Crippen molar-refractivity contribution in [3.63, 3.8) is 0 Å². The molecule has 0 aliphatic carbocycles. The number of anilines is 4. The van der Waals surface area contributed by atoms with Gasteiger partial charge in [0, 0.05) is 34.4 Å². The number of thiol groups is 2. The van der Waals surface area contributed by atoms with E-state index in [1.54, 1.807) is 48.5 Å². The fraction of sp³-hybridized carbons (Fsp3) is 0.172. The number of rotatable bonds is 15. The summed E-state index contributed by atoms with van der Waals surface area (Å²) in [6.07, 6.45) is -1.04. The fourth-order valence-corrected chi connectivity index (χ4v) is 4.52. The summed E-state index contributed by atoms with van der Waals surface area (Å²) >= 11 is 8.75. The number of hydrogen-bond acceptors (Lipinski definition) is 15. The van der Waals surface area contributed by atoms with E-state index in [1.165, 1.54) is 6.92 Å². The highest BCUT2D eigenvalue weighted by atomic mass is 32.2. The molecule has 0 unspecified atom stereocenters. The molecule has 0 aliphatic heterocycles. The monoisotopic (exact) mass is 696 g/mol. The number of halogens is 1. The van der Waals surface area contributed by atoms with Gasteiger partial charge in [0.1, 0.15) is 5.69 Å². The number of sulfone groups is 1. The number of aromatic nitrogens is 3. The maximum Gasteiger partial charge on any atom is 0.315 e. The molecule has 18 heteroatoms. The third kappa shape index (κ3) is 11.5. The second-order valence-corrected chi connectivity index (χ2v) is 12.5. The van der Waals surface area contributed by atoms with Crippen LogP contribution in [0, 0.1) is 6.08 Å². The summed E-state index contributed by atoms with van der Waals surface area (Å²) in [5.74, 6) is -0.737. The Kier molecular flexibility index (Phi) is 12.5. The highest BCUT2D eigenvalue weighted by Crippen LogP contribution is 2.34. The minimum absolute atomic E-state index is 0.0252. The van der Waals surface area contributed by atoms with E-state index in [4.69, 9.17) is 4.74 Å². The van der Waals surface area contributed by atoms with E-state index < -0.39 is 15.9 Å². The van der Waals surface area contributed by atoms with Crippen LogP contribution in [0.15, 0.2) is 103 Å². The van der Waals surface area contributed by atoms with Gasteiger partial charge < -0.3 is 20.7 Å². The summed E-state index contributed by atoms with van der Waals surface area (Å²) in [5, 5.41) is 26.2. The van der Waals surface area contributed by atoms with Crippen LogP contribution < -0.4 is 16.0 Å². The van der Waals surface area contributed by atoms with Crippen molar-refractivity contribution >= 4 is 87.0 Å². The quantitative estimate of drug-likeness (QED) is 0.0491. The molecule has 47 heavy (non-hydrogen) atoms. The van der Waals surface area contributed by atoms with Crippen molar-refractivity contribution in [2.45, 2.75) is 16.7 Å². The number of carbonyl (C=O) groups excluding carboxylic acids is 1. The molecule has 1 aromatic heterocycles. The van der Waals surface area contributed by atoms with Gasteiger partial charge in [-0.15, -0.1) is 35.5 Å². The van der Waals surface area contributed by atoms with E-state index in [0.29, 0.717) is 39.0 Å². The summed E-state index contributed by atoms with van der Waals surface area (Å²) in [6, 6.07) is 17.1. The Hall–Kier alpha value is -4.78. The van der Waals surface area contributed by atoms with Gasteiger partial charge >= 0.3 is 6.08 Å². The van der Waals surface area contributed by atoms with Gasteiger partial charge in [-0.2, -0.15) is 29.6 Å². The smallest absolute Gasteiger partial charge is 0.315 e. The first-order valence-electron chi connectivity index (χ1n) is 13.7. The van der Waals surface area contributed by atoms with Crippen LogP contribution in [-0.4, -0.2) is 54.8 Å². The third-order valence-electron chi connectivity index (χ3n) is 5.82. The van der Waals surface area contributed by atoms with E-state index in [2.05, 4.69) is 83.2 Å². The zero-order chi connectivity index (χ0) is 33.8. The maximum atomic E-state index is 14.1. The Morgan fingerprint density at radius 1 is 0.915 bits per heavy atom. The first-order valence-corrected chi connectivity index (χ1v) is 16.3. The molecule has 4 aromatic rings. The molecule has 3 N–H and O–H groups in total. The Morgan fingerprint density at radius 3 is 2.32 bits per heavy atom. The Labute approximate surface area is 280 Å². The zero-order valence-corrected chi connectivity index (χ0v) is 27.4. The second-order valence-electron chi connectivity index (χ2n) is 9.45. The normalized spacial score (nSPS) is 11.6. The summed E-state index contributed by atoms with van der Waals surface area (Å²) in [5.41, 5.74) is 2.75. The summed E-state index contributed by atoms with van der Waals surface area (Å²) in [7, 11) is -3.36. The molecule has 0 spiro atoms. The van der Waals surface area contributed by atoms with Gasteiger partial charge in [0.15, 0.2) is 9.84 Å². The van der Waals surface area contributed by atoms with Gasteiger partial charge in [0.2, 0.25) is 17.8 Å². The number of azo groups is 2. The molecular weight excluding hydrogens is 668 g/mol. The zero-order valence-electron chi connectivity index (χ0n) is 24.8. The lowest BCUT2D eigenvalue weighted by Gasteiger charge is -2.11. The van der Waals surface area contributed by atoms with E-state index in [1.807, 2.05) is 12.1 Å². The largest absolute Gasteiger partial charge is 0.379 e. The average Bonchev–Trinajstić information content (AvgIpc) is 3.02. The molecule has 0 saturated carbocycles. The predicted octanol–water partition coefficient (Wildman–Crippen LogP) is 7.11. The first-order chi connectivity index (χ1) is 22.5. The fourth-order valence-electron chi connectivity index (χ4n) is 3.60. The molecule has 0 radical (unpaired) electrons. The van der Waals surface area contributed by atoms with Crippen molar-refractivity contribution < 1.29 is 22.3 Å². The van der Waals surface area contributed by atoms with Gasteiger partial charge in [-0.1, -0.05) is 6.58 Å². The van der Waals surface area contributed by atoms with Crippen LogP contribution >= 0.6 is 25.3 Å². The molecule has 14 nitrogen and oxygen atoms in total. The summed E-state index contributed by atoms with van der Waals surface area (Å²) in [4.78, 5) is 24.6. The molecule has 0 bridgehead atoms. The minimum Gasteiger partial charge on any atom is -0.379 e. The van der Waals surface area contributed by atoms with Gasteiger partial charge in [0.05, 0.1) is 41.7 Å². The van der Waals surface area contributed by atoms with Crippen LogP contribution in [0.3, 0.4) is 0 Å². The molecule has 1 heterocycles. The van der Waals surface area contributed by atoms with Crippen molar-refractivity contribution in [1.82, 2.24) is 15.0 Å². The van der Waals surface area contributed by atoms with E-state index >= 15 is 0 Å². The molecular formula is C29H29FN10O4S3. The van der Waals surface area contributed by atoms with Gasteiger partial charge in [-0.05, 0) is 60.7 Å². The second kappa shape index (κ2) is 16.7. The molecule has 0 fully saturated rings. The van der Waals surface area contributed by atoms with Crippen LogP contribution in [0.25, 0.3) is 0 Å². The van der Waals surface area contributed by atoms with Crippen molar-refractivity contribution in [2.24, 2.45) is 20.5 Å². The van der Waals surface area contributed by atoms with Crippen molar-refractivity contribution in [1.29, 1.82) is 0 Å². The first kappa shape index (κ1) is 35.1. The van der Waals surface area contributed by atoms with Crippen molar-refractivity contribution in [3.05, 3.63) is 78.7 Å². The summed E-state index contributed by atoms with van der Waals surface area (Å²) < 4.78 is 42.2. The molecule has 0 aliphatic rings. The standard InChI is InChI=1S/C29H29FN10O4S3/c1-3-47(42,43)15-14-44-13-12-31-28-34-27(30)35-29(36-28)33-20-6-10-23(25(16-20)32-18(2)41)39-40-24-11-7-21(17-26(24)46)38-37-19-4-8-22(45)9-5-19/h3-11,16-17,45-46H,1,12-15H2,2H3,(H,32,41)(H2,31,33,34,35,36)/b38-37+,40-39+. The van der Waals surface area contributed by atoms with Crippen LogP contribution in [0.5, 0.6) is 0 Å². The van der Waals surface area contributed by atoms with Crippen molar-refractivity contribution in [2.75, 3.05) is 41.5 Å². The van der Waals surface area contributed by atoms with Crippen LogP contribution in [-0.2, 0) is 19.4 Å². The van der Waals surface area contributed by atoms with Crippen LogP contribution in [0.1, 0.15) is 6.92 Å². The SMILES string of the molecule is C=CS(=O)(=O)CCOCCNc1nc(F)nc(Nc2ccc(/N=N/c3ccc(/N=N/c4ccc(S)cc4)cc3S)c(NC(C)=O)c2)n1. The molecule has 244 valence electrons. The van der Waals surface area contributed by atoms with Gasteiger partial charge in [-0.25, -0.2) is 8.42 Å². The Balaban J connectivity index is 1.42. The number of carbonyl (C=O) groups is 1. The molecule has 1 amide bonds. The highest BCUT2D eigenvalue weighted by molar-refractivity contribution is 7.94. The lowest BCUT2D eigenvalue weighted by molar-refractivity contribution is -0.114. The Morgan fingerprint density at radius 2 is 1.60 bits per heavy atom. The summed E-state index contributed by atoms with van der Waals surface area (Å²) in [6.45, 7) is 4.85. The van der Waals surface area contributed by atoms with Crippen LogP contribution in [0.2, 0.25) is 0 Å². The number of benzene rings is 3. The third-order valence-corrected chi connectivity index (χ3v) is 7.72. The van der Waals surface area contributed by atoms with E-state index in [0.717, 1.165) is 10.3 Å². The molecule has 0 atom stereocenters. The lowest BCUT2D eigenvalue weighted by atomic mass is 10.2.